The number of ketones is 1. The summed E-state index contributed by atoms with van der Waals surface area (Å²) >= 11 is 0. The van der Waals surface area contributed by atoms with Crippen molar-refractivity contribution in [1.82, 2.24) is 9.88 Å². The van der Waals surface area contributed by atoms with E-state index >= 15 is 0 Å². The van der Waals surface area contributed by atoms with Gasteiger partial charge in [0.05, 0.1) is 6.42 Å². The number of nitrogens with zero attached hydrogens (tertiary/aromatic N) is 1. The summed E-state index contributed by atoms with van der Waals surface area (Å²) in [5, 5.41) is 14.3. The molecule has 0 spiro atoms. The van der Waals surface area contributed by atoms with Gasteiger partial charge in [-0.25, -0.2) is 8.78 Å². The summed E-state index contributed by atoms with van der Waals surface area (Å²) in [5.41, 5.74) is -0.278. The maximum atomic E-state index is 13.8. The highest BCUT2D eigenvalue weighted by Crippen LogP contribution is 2.26. The highest BCUT2D eigenvalue weighted by molar-refractivity contribution is 5.93. The molecule has 36 heavy (non-hydrogen) atoms. The zero-order chi connectivity index (χ0) is 27.0. The molecular formula is C23H25F4N3O6. The van der Waals surface area contributed by atoms with E-state index < -0.39 is 77.3 Å². The number of rotatable bonds is 13. The molecule has 2 rings (SSSR count). The van der Waals surface area contributed by atoms with Crippen molar-refractivity contribution in [2.75, 3.05) is 18.5 Å². The molecule has 2 atom stereocenters. The molecule has 3 N–H and O–H groups in total. The van der Waals surface area contributed by atoms with Crippen molar-refractivity contribution in [3.05, 3.63) is 58.0 Å². The lowest BCUT2D eigenvalue weighted by molar-refractivity contribution is -0.140. The third-order valence-electron chi connectivity index (χ3n) is 5.08. The molecule has 196 valence electrons. The van der Waals surface area contributed by atoms with E-state index in [2.05, 4.69) is 15.4 Å². The van der Waals surface area contributed by atoms with Crippen molar-refractivity contribution < 1.29 is 41.8 Å². The Morgan fingerprint density at radius 3 is 2.31 bits per heavy atom. The smallest absolute Gasteiger partial charge is 0.305 e. The molecule has 2 aromatic rings. The van der Waals surface area contributed by atoms with Crippen LogP contribution in [0.3, 0.4) is 0 Å². The Labute approximate surface area is 203 Å². The van der Waals surface area contributed by atoms with Crippen LogP contribution in [0.2, 0.25) is 0 Å². The number of benzene rings is 1. The number of ether oxygens (including phenoxy) is 1. The molecule has 0 aliphatic carbocycles. The standard InChI is InChI=1S/C23H25F4N3O6/c1-3-7-28-14-6-5-8-30(23(14)35)16(4-2)22(34)29-15(10-18(32)33)17(31)11-36-21-19(26)12(24)9-13(25)20(21)27/h5-6,8-9,15-16,28H,3-4,7,10-11H2,1-2H3,(H,29,34)(H,32,33)/t15-,16-/m0/s1. The van der Waals surface area contributed by atoms with E-state index in [1.165, 1.54) is 18.3 Å². The van der Waals surface area contributed by atoms with Gasteiger partial charge in [0.25, 0.3) is 5.56 Å². The minimum atomic E-state index is -1.89. The van der Waals surface area contributed by atoms with Gasteiger partial charge >= 0.3 is 5.97 Å². The lowest BCUT2D eigenvalue weighted by atomic mass is 10.1. The maximum Gasteiger partial charge on any atom is 0.305 e. The van der Waals surface area contributed by atoms with Crippen LogP contribution in [0.5, 0.6) is 5.75 Å². The molecule has 1 aromatic carbocycles. The zero-order valence-corrected chi connectivity index (χ0v) is 19.4. The topological polar surface area (TPSA) is 127 Å². The first-order valence-electron chi connectivity index (χ1n) is 11.0. The summed E-state index contributed by atoms with van der Waals surface area (Å²) in [6.45, 7) is 2.79. The number of Topliss-reactive ketones (excluding diaryl/α,β-unsaturated/α-hetero) is 1. The molecule has 13 heteroatoms. The summed E-state index contributed by atoms with van der Waals surface area (Å²) in [7, 11) is 0. The Morgan fingerprint density at radius 2 is 1.75 bits per heavy atom. The van der Waals surface area contributed by atoms with Gasteiger partial charge in [0.15, 0.2) is 23.2 Å². The second-order valence-corrected chi connectivity index (χ2v) is 7.70. The number of hydrogen-bond donors (Lipinski definition) is 3. The van der Waals surface area contributed by atoms with Gasteiger partial charge in [-0.1, -0.05) is 13.8 Å². The molecular weight excluding hydrogens is 490 g/mol. The summed E-state index contributed by atoms with van der Waals surface area (Å²) in [5.74, 6) is -12.3. The molecule has 0 radical (unpaired) electrons. The summed E-state index contributed by atoms with van der Waals surface area (Å²) in [6, 6.07) is 0.154. The highest BCUT2D eigenvalue weighted by Gasteiger charge is 2.29. The number of amides is 1. The monoisotopic (exact) mass is 515 g/mol. The van der Waals surface area contributed by atoms with E-state index in [9.17, 15) is 36.7 Å². The summed E-state index contributed by atoms with van der Waals surface area (Å²) < 4.78 is 60.0. The van der Waals surface area contributed by atoms with E-state index in [-0.39, 0.29) is 18.2 Å². The summed E-state index contributed by atoms with van der Waals surface area (Å²) in [4.78, 5) is 49.5. The predicted molar refractivity (Wildman–Crippen MR) is 120 cm³/mol. The van der Waals surface area contributed by atoms with Gasteiger partial charge in [-0.15, -0.1) is 0 Å². The zero-order valence-electron chi connectivity index (χ0n) is 19.4. The van der Waals surface area contributed by atoms with E-state index in [4.69, 9.17) is 5.11 Å². The average molecular weight is 515 g/mol. The molecule has 0 saturated carbocycles. The molecule has 1 aromatic heterocycles. The molecule has 1 amide bonds. The number of hydrogen-bond acceptors (Lipinski definition) is 6. The second-order valence-electron chi connectivity index (χ2n) is 7.70. The maximum absolute atomic E-state index is 13.8. The van der Waals surface area contributed by atoms with Gasteiger partial charge in [-0.05, 0) is 25.0 Å². The van der Waals surface area contributed by atoms with Gasteiger partial charge in [-0.2, -0.15) is 8.78 Å². The Balaban J connectivity index is 2.23. The van der Waals surface area contributed by atoms with Crippen LogP contribution in [0, 0.1) is 23.3 Å². The third-order valence-corrected chi connectivity index (χ3v) is 5.08. The number of nitrogens with one attached hydrogen (secondary N) is 2. The van der Waals surface area contributed by atoms with E-state index in [0.29, 0.717) is 6.54 Å². The number of aliphatic carboxylic acids is 1. The number of carboxylic acids is 1. The SMILES string of the molecule is CCCNc1cccn([C@@H](CC)C(=O)N[C@@H](CC(=O)O)C(=O)COc2c(F)c(F)cc(F)c2F)c1=O. The number of anilines is 1. The van der Waals surface area contributed by atoms with Gasteiger partial charge in [0, 0.05) is 18.8 Å². The fourth-order valence-corrected chi connectivity index (χ4v) is 3.27. The minimum absolute atomic E-state index is 0.0492. The molecule has 9 nitrogen and oxygen atoms in total. The number of carbonyl (C=O) groups is 3. The van der Waals surface area contributed by atoms with Crippen LogP contribution in [-0.4, -0.2) is 46.5 Å². The van der Waals surface area contributed by atoms with Crippen molar-refractivity contribution in [2.24, 2.45) is 0 Å². The van der Waals surface area contributed by atoms with Crippen LogP contribution < -0.4 is 20.9 Å². The van der Waals surface area contributed by atoms with Crippen LogP contribution in [0.1, 0.15) is 39.2 Å². The van der Waals surface area contributed by atoms with Crippen molar-refractivity contribution >= 4 is 23.3 Å². The largest absolute Gasteiger partial charge is 0.481 e. The number of carboxylic acid groups (broad SMARTS) is 1. The molecule has 0 fully saturated rings. The number of carbonyl (C=O) groups excluding carboxylic acids is 2. The van der Waals surface area contributed by atoms with Crippen LogP contribution in [0.4, 0.5) is 23.2 Å². The first-order chi connectivity index (χ1) is 17.0. The molecule has 0 bridgehead atoms. The Morgan fingerprint density at radius 1 is 1.11 bits per heavy atom. The second kappa shape index (κ2) is 12.7. The van der Waals surface area contributed by atoms with Crippen LogP contribution in [0.15, 0.2) is 29.2 Å². The molecule has 1 heterocycles. The fraction of sp³-hybridized carbons (Fsp3) is 0.391. The van der Waals surface area contributed by atoms with Crippen LogP contribution in [-0.2, 0) is 14.4 Å². The van der Waals surface area contributed by atoms with Gasteiger partial charge in [-0.3, -0.25) is 19.2 Å². The van der Waals surface area contributed by atoms with E-state index in [0.717, 1.165) is 11.0 Å². The quantitative estimate of drug-likeness (QED) is 0.277. The predicted octanol–water partition coefficient (Wildman–Crippen LogP) is 2.79. The lowest BCUT2D eigenvalue weighted by Gasteiger charge is -2.22. The molecule has 0 aliphatic rings. The van der Waals surface area contributed by atoms with Crippen molar-refractivity contribution in [2.45, 2.75) is 45.2 Å². The van der Waals surface area contributed by atoms with Crippen LogP contribution in [0.25, 0.3) is 0 Å². The number of aromatic nitrogens is 1. The normalized spacial score (nSPS) is 12.5. The minimum Gasteiger partial charge on any atom is -0.481 e. The van der Waals surface area contributed by atoms with Gasteiger partial charge in [0.2, 0.25) is 17.5 Å². The molecule has 0 saturated heterocycles. The van der Waals surface area contributed by atoms with Gasteiger partial charge < -0.3 is 25.0 Å². The Kier molecular flexibility index (Phi) is 10.00. The number of pyridine rings is 1. The Bertz CT molecular complexity index is 1160. The Hall–Kier alpha value is -3.90. The fourth-order valence-electron chi connectivity index (χ4n) is 3.27. The lowest BCUT2D eigenvalue weighted by Crippen LogP contribution is -2.48. The molecule has 0 aliphatic heterocycles. The third kappa shape index (κ3) is 6.83. The first kappa shape index (κ1) is 28.3. The van der Waals surface area contributed by atoms with Crippen molar-refractivity contribution in [1.29, 1.82) is 0 Å². The molecule has 0 unspecified atom stereocenters. The van der Waals surface area contributed by atoms with Crippen molar-refractivity contribution in [3.63, 3.8) is 0 Å². The first-order valence-corrected chi connectivity index (χ1v) is 11.0. The number of halogens is 4. The van der Waals surface area contributed by atoms with E-state index in [1.54, 1.807) is 6.92 Å². The van der Waals surface area contributed by atoms with Crippen LogP contribution >= 0.6 is 0 Å². The highest BCUT2D eigenvalue weighted by atomic mass is 19.2. The summed E-state index contributed by atoms with van der Waals surface area (Å²) in [6.07, 6.45) is 1.25. The average Bonchev–Trinajstić information content (AvgIpc) is 2.82. The van der Waals surface area contributed by atoms with Crippen molar-refractivity contribution in [3.8, 4) is 5.75 Å². The van der Waals surface area contributed by atoms with Gasteiger partial charge in [0.1, 0.15) is 24.4 Å². The van der Waals surface area contributed by atoms with E-state index in [1.807, 2.05) is 6.92 Å².